The summed E-state index contributed by atoms with van der Waals surface area (Å²) in [5.41, 5.74) is 0.336. The summed E-state index contributed by atoms with van der Waals surface area (Å²) in [7, 11) is 0. The van der Waals surface area contributed by atoms with Crippen LogP contribution in [0.3, 0.4) is 0 Å². The Morgan fingerprint density at radius 2 is 1.86 bits per heavy atom. The molecule has 3 heterocycles. The van der Waals surface area contributed by atoms with Crippen LogP contribution in [0.4, 0.5) is 4.79 Å². The van der Waals surface area contributed by atoms with Crippen molar-refractivity contribution in [3.8, 4) is 0 Å². The van der Waals surface area contributed by atoms with Gasteiger partial charge in [-0.3, -0.25) is 9.69 Å². The first-order valence-corrected chi connectivity index (χ1v) is 11.5. The van der Waals surface area contributed by atoms with Crippen molar-refractivity contribution in [2.24, 2.45) is 23.2 Å². The Bertz CT molecular complexity index is 635. The second kappa shape index (κ2) is 6.89. The maximum atomic E-state index is 13.0. The summed E-state index contributed by atoms with van der Waals surface area (Å²) in [5.74, 6) is 1.99. The van der Waals surface area contributed by atoms with Gasteiger partial charge in [0, 0.05) is 50.7 Å². The van der Waals surface area contributed by atoms with Crippen molar-refractivity contribution in [1.29, 1.82) is 0 Å². The smallest absolute Gasteiger partial charge is 0.409 e. The van der Waals surface area contributed by atoms with Gasteiger partial charge in [-0.05, 0) is 69.6 Å². The van der Waals surface area contributed by atoms with E-state index in [0.717, 1.165) is 39.1 Å². The standard InChI is InChI=1S/C22H35N3O3/c1-3-28-21(27)23-9-7-22(14-23)10-16(11-22)24-12-17-18(13-24)19(17)20(26)25-8-5-4-6-15(25)2/h15-19H,3-14H2,1-2H3/t15-,16?,17-,18+,19+,22?/m1/s1. The van der Waals surface area contributed by atoms with E-state index in [1.807, 2.05) is 11.8 Å². The van der Waals surface area contributed by atoms with Gasteiger partial charge in [0.25, 0.3) is 0 Å². The van der Waals surface area contributed by atoms with E-state index < -0.39 is 0 Å². The Labute approximate surface area is 168 Å². The largest absolute Gasteiger partial charge is 0.450 e. The summed E-state index contributed by atoms with van der Waals surface area (Å²) in [6.07, 6.45) is 7.03. The monoisotopic (exact) mass is 389 g/mol. The quantitative estimate of drug-likeness (QED) is 0.744. The molecule has 3 aliphatic heterocycles. The minimum absolute atomic E-state index is 0.140. The molecule has 0 radical (unpaired) electrons. The van der Waals surface area contributed by atoms with E-state index in [2.05, 4.69) is 16.7 Å². The lowest BCUT2D eigenvalue weighted by atomic mass is 9.64. The first-order valence-electron chi connectivity index (χ1n) is 11.5. The molecule has 1 spiro atoms. The molecule has 0 aromatic carbocycles. The zero-order valence-corrected chi connectivity index (χ0v) is 17.4. The summed E-state index contributed by atoms with van der Waals surface area (Å²) >= 11 is 0. The molecular weight excluding hydrogens is 354 g/mol. The van der Waals surface area contributed by atoms with Crippen molar-refractivity contribution in [2.45, 2.75) is 64.5 Å². The number of rotatable bonds is 3. The number of piperidine rings is 2. The molecule has 6 nitrogen and oxygen atoms in total. The zero-order valence-electron chi connectivity index (χ0n) is 17.4. The molecule has 2 amide bonds. The summed E-state index contributed by atoms with van der Waals surface area (Å²) in [4.78, 5) is 31.7. The normalized spacial score (nSPS) is 42.4. The minimum atomic E-state index is -0.140. The number of amides is 2. The Morgan fingerprint density at radius 3 is 2.54 bits per heavy atom. The van der Waals surface area contributed by atoms with Crippen molar-refractivity contribution in [2.75, 3.05) is 39.3 Å². The molecular formula is C22H35N3O3. The average molecular weight is 390 g/mol. The fourth-order valence-electron chi connectivity index (χ4n) is 6.68. The number of carbonyl (C=O) groups is 2. The second-order valence-corrected chi connectivity index (χ2v) is 10.1. The van der Waals surface area contributed by atoms with Gasteiger partial charge >= 0.3 is 6.09 Å². The number of carbonyl (C=O) groups excluding carboxylic acids is 2. The van der Waals surface area contributed by atoms with Crippen LogP contribution in [0.25, 0.3) is 0 Å². The Hall–Kier alpha value is -1.30. The van der Waals surface area contributed by atoms with Gasteiger partial charge in [0.1, 0.15) is 0 Å². The molecule has 5 rings (SSSR count). The van der Waals surface area contributed by atoms with Gasteiger partial charge in [0.05, 0.1) is 6.61 Å². The van der Waals surface area contributed by atoms with Crippen molar-refractivity contribution >= 4 is 12.0 Å². The van der Waals surface area contributed by atoms with E-state index in [4.69, 9.17) is 4.74 Å². The molecule has 2 aliphatic carbocycles. The van der Waals surface area contributed by atoms with Crippen LogP contribution < -0.4 is 0 Å². The number of fused-ring (bicyclic) bond motifs is 1. The number of likely N-dealkylation sites (tertiary alicyclic amines) is 3. The van der Waals surface area contributed by atoms with Gasteiger partial charge in [-0.1, -0.05) is 0 Å². The highest BCUT2D eigenvalue weighted by Gasteiger charge is 2.63. The molecule has 6 heteroatoms. The molecule has 0 N–H and O–H groups in total. The van der Waals surface area contributed by atoms with E-state index in [-0.39, 0.29) is 6.09 Å². The fraction of sp³-hybridized carbons (Fsp3) is 0.909. The highest BCUT2D eigenvalue weighted by atomic mass is 16.6. The lowest BCUT2D eigenvalue weighted by Gasteiger charge is -2.49. The lowest BCUT2D eigenvalue weighted by Crippen LogP contribution is -2.52. The van der Waals surface area contributed by atoms with E-state index in [1.165, 1.54) is 32.1 Å². The zero-order chi connectivity index (χ0) is 19.5. The SMILES string of the molecule is CCOC(=O)N1CCC2(CC(N3C[C@@H]4[C@H](C3)[C@H]4C(=O)N3CCCC[C@H]3C)C2)C1. The lowest BCUT2D eigenvalue weighted by molar-refractivity contribution is -0.137. The highest BCUT2D eigenvalue weighted by Crippen LogP contribution is 2.57. The summed E-state index contributed by atoms with van der Waals surface area (Å²) in [6, 6.07) is 1.11. The van der Waals surface area contributed by atoms with Gasteiger partial charge in [0.15, 0.2) is 0 Å². The van der Waals surface area contributed by atoms with Crippen LogP contribution in [0, 0.1) is 23.2 Å². The molecule has 0 unspecified atom stereocenters. The molecule has 5 fully saturated rings. The number of hydrogen-bond acceptors (Lipinski definition) is 4. The first-order chi connectivity index (χ1) is 13.5. The van der Waals surface area contributed by atoms with Gasteiger partial charge in [-0.25, -0.2) is 4.79 Å². The van der Waals surface area contributed by atoms with Gasteiger partial charge < -0.3 is 14.5 Å². The number of hydrogen-bond donors (Lipinski definition) is 0. The molecule has 3 saturated heterocycles. The van der Waals surface area contributed by atoms with Crippen molar-refractivity contribution < 1.29 is 14.3 Å². The van der Waals surface area contributed by atoms with E-state index >= 15 is 0 Å². The maximum Gasteiger partial charge on any atom is 0.409 e. The Balaban J connectivity index is 1.09. The van der Waals surface area contributed by atoms with Crippen LogP contribution in [-0.4, -0.2) is 78.1 Å². The molecule has 28 heavy (non-hydrogen) atoms. The average Bonchev–Trinajstić information content (AvgIpc) is 3.00. The maximum absolute atomic E-state index is 13.0. The van der Waals surface area contributed by atoms with Crippen molar-refractivity contribution in [3.63, 3.8) is 0 Å². The molecule has 2 saturated carbocycles. The van der Waals surface area contributed by atoms with Crippen molar-refractivity contribution in [1.82, 2.24) is 14.7 Å². The molecule has 4 atom stereocenters. The van der Waals surface area contributed by atoms with Crippen LogP contribution in [0.1, 0.15) is 52.4 Å². The van der Waals surface area contributed by atoms with Crippen LogP contribution >= 0.6 is 0 Å². The summed E-state index contributed by atoms with van der Waals surface area (Å²) < 4.78 is 5.17. The van der Waals surface area contributed by atoms with E-state index in [9.17, 15) is 9.59 Å². The third-order valence-corrected chi connectivity index (χ3v) is 8.41. The minimum Gasteiger partial charge on any atom is -0.450 e. The van der Waals surface area contributed by atoms with Crippen LogP contribution in [0.2, 0.25) is 0 Å². The van der Waals surface area contributed by atoms with E-state index in [0.29, 0.717) is 47.8 Å². The van der Waals surface area contributed by atoms with Crippen LogP contribution in [0.5, 0.6) is 0 Å². The molecule has 0 aromatic rings. The predicted molar refractivity (Wildman–Crippen MR) is 106 cm³/mol. The highest BCUT2D eigenvalue weighted by molar-refractivity contribution is 5.83. The summed E-state index contributed by atoms with van der Waals surface area (Å²) in [6.45, 7) is 9.47. The molecule has 0 aromatic heterocycles. The third kappa shape index (κ3) is 3.03. The number of nitrogens with zero attached hydrogens (tertiary/aromatic N) is 3. The Morgan fingerprint density at radius 1 is 1.11 bits per heavy atom. The molecule has 156 valence electrons. The first kappa shape index (κ1) is 18.7. The predicted octanol–water partition coefficient (Wildman–Crippen LogP) is 2.58. The van der Waals surface area contributed by atoms with Gasteiger partial charge in [-0.15, -0.1) is 0 Å². The topological polar surface area (TPSA) is 53.1 Å². The second-order valence-electron chi connectivity index (χ2n) is 10.1. The fourth-order valence-corrected chi connectivity index (χ4v) is 6.68. The van der Waals surface area contributed by atoms with E-state index in [1.54, 1.807) is 0 Å². The van der Waals surface area contributed by atoms with Gasteiger partial charge in [-0.2, -0.15) is 0 Å². The third-order valence-electron chi connectivity index (χ3n) is 8.41. The van der Waals surface area contributed by atoms with Crippen LogP contribution in [-0.2, 0) is 9.53 Å². The van der Waals surface area contributed by atoms with Gasteiger partial charge in [0.2, 0.25) is 5.91 Å². The molecule has 5 aliphatic rings. The summed E-state index contributed by atoms with van der Waals surface area (Å²) in [5, 5.41) is 0. The number of ether oxygens (including phenoxy) is 1. The Kier molecular flexibility index (Phi) is 4.61. The van der Waals surface area contributed by atoms with Crippen molar-refractivity contribution in [3.05, 3.63) is 0 Å². The molecule has 0 bridgehead atoms. The van der Waals surface area contributed by atoms with Crippen LogP contribution in [0.15, 0.2) is 0 Å².